The van der Waals surface area contributed by atoms with E-state index in [4.69, 9.17) is 9.47 Å². The van der Waals surface area contributed by atoms with Crippen molar-refractivity contribution in [1.82, 2.24) is 4.90 Å². The zero-order valence-electron chi connectivity index (χ0n) is 24.8. The summed E-state index contributed by atoms with van der Waals surface area (Å²) in [6.07, 6.45) is 3.02. The SMILES string of the molecule is COC(=O)[C@]1(C#N)[C@@H](c2ccc(N(C)C)cc2)[C@H](C(=O)OC(c2ccccc2)c2ccccc2)N2C=Cc3ccccc3[C@@H]21. The van der Waals surface area contributed by atoms with Crippen LogP contribution < -0.4 is 4.90 Å². The molecule has 0 radical (unpaired) electrons. The monoisotopic (exact) mass is 583 g/mol. The highest BCUT2D eigenvalue weighted by Crippen LogP contribution is 2.60. The van der Waals surface area contributed by atoms with E-state index in [0.717, 1.165) is 27.9 Å². The Balaban J connectivity index is 1.54. The molecule has 44 heavy (non-hydrogen) atoms. The van der Waals surface area contributed by atoms with Gasteiger partial charge in [-0.15, -0.1) is 0 Å². The number of nitrogens with zero attached hydrogens (tertiary/aromatic N) is 3. The van der Waals surface area contributed by atoms with Crippen LogP contribution >= 0.6 is 0 Å². The summed E-state index contributed by atoms with van der Waals surface area (Å²) in [6.45, 7) is 0. The molecule has 2 aliphatic rings. The van der Waals surface area contributed by atoms with Crippen LogP contribution in [0.2, 0.25) is 0 Å². The van der Waals surface area contributed by atoms with E-state index in [-0.39, 0.29) is 0 Å². The van der Waals surface area contributed by atoms with Gasteiger partial charge in [0.1, 0.15) is 6.04 Å². The van der Waals surface area contributed by atoms with Gasteiger partial charge < -0.3 is 19.3 Å². The number of carbonyl (C=O) groups excluding carboxylic acids is 2. The second-order valence-corrected chi connectivity index (χ2v) is 11.3. The minimum absolute atomic E-state index is 0.542. The number of fused-ring (bicyclic) bond motifs is 3. The predicted octanol–water partition coefficient (Wildman–Crippen LogP) is 6.26. The second-order valence-electron chi connectivity index (χ2n) is 11.3. The van der Waals surface area contributed by atoms with Crippen molar-refractivity contribution in [2.75, 3.05) is 26.1 Å². The standard InChI is InChI=1S/C37H33N3O4/c1-39(2)29-20-18-26(19-21-29)31-32(35(41)44-33(27-13-6-4-7-14-27)28-15-8-5-9-16-28)40-23-22-25-12-10-11-17-30(25)34(40)37(31,24-38)36(42)43-3/h4-23,31-34H,1-3H3/t31-,32+,34+,37+/m0/s1. The molecule has 2 heterocycles. The van der Waals surface area contributed by atoms with E-state index >= 15 is 0 Å². The lowest BCUT2D eigenvalue weighted by Crippen LogP contribution is -2.41. The summed E-state index contributed by atoms with van der Waals surface area (Å²) in [5, 5.41) is 11.0. The Labute approximate surface area is 257 Å². The van der Waals surface area contributed by atoms with E-state index in [1.165, 1.54) is 7.11 Å². The molecule has 0 spiro atoms. The summed E-state index contributed by atoms with van der Waals surface area (Å²) in [4.78, 5) is 32.4. The Morgan fingerprint density at radius 2 is 1.45 bits per heavy atom. The summed E-state index contributed by atoms with van der Waals surface area (Å²) in [7, 11) is 5.16. The summed E-state index contributed by atoms with van der Waals surface area (Å²) in [5.74, 6) is -2.14. The van der Waals surface area contributed by atoms with Gasteiger partial charge in [0.2, 0.25) is 0 Å². The number of esters is 2. The highest BCUT2D eigenvalue weighted by atomic mass is 16.5. The van der Waals surface area contributed by atoms with Gasteiger partial charge in [0, 0.05) is 31.9 Å². The zero-order valence-corrected chi connectivity index (χ0v) is 24.8. The Kier molecular flexibility index (Phi) is 7.67. The zero-order chi connectivity index (χ0) is 30.8. The molecule has 2 aliphatic heterocycles. The van der Waals surface area contributed by atoms with Crippen LogP contribution in [0, 0.1) is 16.7 Å². The Morgan fingerprint density at radius 3 is 2.02 bits per heavy atom. The van der Waals surface area contributed by atoms with E-state index < -0.39 is 41.5 Å². The molecular weight excluding hydrogens is 550 g/mol. The normalized spacial score (nSPS) is 21.6. The van der Waals surface area contributed by atoms with Crippen LogP contribution in [0.1, 0.15) is 45.9 Å². The van der Waals surface area contributed by atoms with Crippen LogP contribution in [0.5, 0.6) is 0 Å². The Morgan fingerprint density at radius 1 is 0.864 bits per heavy atom. The summed E-state index contributed by atoms with van der Waals surface area (Å²) < 4.78 is 11.8. The predicted molar refractivity (Wildman–Crippen MR) is 168 cm³/mol. The third-order valence-electron chi connectivity index (χ3n) is 8.73. The quantitative estimate of drug-likeness (QED) is 0.238. The Bertz CT molecular complexity index is 1690. The van der Waals surface area contributed by atoms with E-state index in [1.54, 1.807) is 0 Å². The average molecular weight is 584 g/mol. The lowest BCUT2D eigenvalue weighted by molar-refractivity contribution is -0.153. The van der Waals surface area contributed by atoms with Crippen LogP contribution in [0.4, 0.5) is 5.69 Å². The van der Waals surface area contributed by atoms with Gasteiger partial charge in [-0.05, 0) is 46.0 Å². The smallest absolute Gasteiger partial charge is 0.330 e. The van der Waals surface area contributed by atoms with Crippen molar-refractivity contribution in [1.29, 1.82) is 5.26 Å². The first-order valence-electron chi connectivity index (χ1n) is 14.5. The molecule has 7 nitrogen and oxygen atoms in total. The first kappa shape index (κ1) is 28.8. The Hall–Kier alpha value is -5.35. The molecule has 4 aromatic rings. The van der Waals surface area contributed by atoms with Crippen LogP contribution in [-0.4, -0.2) is 44.1 Å². The van der Waals surface area contributed by atoms with Crippen molar-refractivity contribution >= 4 is 23.7 Å². The molecule has 0 unspecified atom stereocenters. The van der Waals surface area contributed by atoms with Crippen LogP contribution in [0.3, 0.4) is 0 Å². The molecule has 7 heteroatoms. The molecule has 4 atom stereocenters. The maximum atomic E-state index is 14.7. The van der Waals surface area contributed by atoms with E-state index in [9.17, 15) is 14.9 Å². The molecule has 0 aromatic heterocycles. The van der Waals surface area contributed by atoms with Gasteiger partial charge in [-0.3, -0.25) is 4.79 Å². The van der Waals surface area contributed by atoms with Gasteiger partial charge in [-0.2, -0.15) is 5.26 Å². The lowest BCUT2D eigenvalue weighted by atomic mass is 9.67. The number of methoxy groups -OCH3 is 1. The van der Waals surface area contributed by atoms with Gasteiger partial charge in [0.05, 0.1) is 19.2 Å². The largest absolute Gasteiger partial charge is 0.468 e. The summed E-state index contributed by atoms with van der Waals surface area (Å²) in [6, 6.07) is 35.0. The van der Waals surface area contributed by atoms with E-state index in [2.05, 4.69) is 6.07 Å². The molecule has 0 aliphatic carbocycles. The van der Waals surface area contributed by atoms with Crippen LogP contribution in [-0.2, 0) is 19.1 Å². The maximum Gasteiger partial charge on any atom is 0.330 e. The molecule has 6 rings (SSSR count). The molecule has 220 valence electrons. The lowest BCUT2D eigenvalue weighted by Gasteiger charge is -2.36. The number of ether oxygens (including phenoxy) is 2. The van der Waals surface area contributed by atoms with E-state index in [0.29, 0.717) is 5.56 Å². The molecule has 1 fully saturated rings. The highest BCUT2D eigenvalue weighted by Gasteiger charge is 2.68. The first-order valence-corrected chi connectivity index (χ1v) is 14.5. The summed E-state index contributed by atoms with van der Waals surface area (Å²) in [5.41, 5.74) is 3.13. The van der Waals surface area contributed by atoms with Crippen molar-refractivity contribution in [3.05, 3.63) is 143 Å². The summed E-state index contributed by atoms with van der Waals surface area (Å²) >= 11 is 0. The number of carbonyl (C=O) groups is 2. The number of rotatable bonds is 7. The third kappa shape index (κ3) is 4.69. The van der Waals surface area contributed by atoms with Gasteiger partial charge in [-0.1, -0.05) is 97.1 Å². The minimum atomic E-state index is -1.76. The second kappa shape index (κ2) is 11.7. The number of hydrogen-bond donors (Lipinski definition) is 0. The van der Waals surface area contributed by atoms with Gasteiger partial charge in [0.15, 0.2) is 11.5 Å². The number of anilines is 1. The third-order valence-corrected chi connectivity index (χ3v) is 8.73. The fraction of sp³-hybridized carbons (Fsp3) is 0.216. The van der Waals surface area contributed by atoms with Crippen molar-refractivity contribution in [3.63, 3.8) is 0 Å². The minimum Gasteiger partial charge on any atom is -0.468 e. The first-order chi connectivity index (χ1) is 21.4. The maximum absolute atomic E-state index is 14.7. The van der Waals surface area contributed by atoms with Gasteiger partial charge >= 0.3 is 11.9 Å². The topological polar surface area (TPSA) is 82.9 Å². The van der Waals surface area contributed by atoms with Crippen molar-refractivity contribution < 1.29 is 19.1 Å². The van der Waals surface area contributed by atoms with Gasteiger partial charge in [0.25, 0.3) is 0 Å². The van der Waals surface area contributed by atoms with Crippen molar-refractivity contribution in [2.45, 2.75) is 24.1 Å². The van der Waals surface area contributed by atoms with Crippen molar-refractivity contribution in [2.24, 2.45) is 5.41 Å². The molecule has 0 saturated carbocycles. The van der Waals surface area contributed by atoms with Gasteiger partial charge in [-0.25, -0.2) is 4.79 Å². The molecule has 0 amide bonds. The van der Waals surface area contributed by atoms with Crippen molar-refractivity contribution in [3.8, 4) is 6.07 Å². The molecule has 4 aromatic carbocycles. The highest BCUT2D eigenvalue weighted by molar-refractivity contribution is 5.90. The number of hydrogen-bond acceptors (Lipinski definition) is 7. The molecule has 0 bridgehead atoms. The van der Waals surface area contributed by atoms with Crippen LogP contribution in [0.25, 0.3) is 6.08 Å². The van der Waals surface area contributed by atoms with E-state index in [1.807, 2.05) is 145 Å². The number of nitriles is 1. The fourth-order valence-electron chi connectivity index (χ4n) is 6.69. The molecule has 1 saturated heterocycles. The fourth-order valence-corrected chi connectivity index (χ4v) is 6.69. The molecular formula is C37H33N3O4. The molecule has 0 N–H and O–H groups in total. The van der Waals surface area contributed by atoms with Crippen LogP contribution in [0.15, 0.2) is 115 Å². The number of benzene rings is 4. The average Bonchev–Trinajstić information content (AvgIpc) is 3.39.